The van der Waals surface area contributed by atoms with Gasteiger partial charge < -0.3 is 15.0 Å². The second-order valence-electron chi connectivity index (χ2n) is 5.35. The monoisotopic (exact) mass is 267 g/mol. The Hall–Kier alpha value is -1.85. The molecule has 0 aliphatic heterocycles. The van der Waals surface area contributed by atoms with Gasteiger partial charge in [-0.3, -0.25) is 9.59 Å². The summed E-state index contributed by atoms with van der Waals surface area (Å²) in [6, 6.07) is 0. The third-order valence-corrected chi connectivity index (χ3v) is 2.66. The molecule has 0 saturated carbocycles. The Morgan fingerprint density at radius 3 is 2.63 bits per heavy atom. The van der Waals surface area contributed by atoms with Crippen LogP contribution < -0.4 is 5.32 Å². The largest absolute Gasteiger partial charge is 0.465 e. The zero-order valence-electron chi connectivity index (χ0n) is 11.8. The molecule has 0 aliphatic rings. The molecule has 0 aliphatic carbocycles. The molecular formula is C13H21N3O3. The van der Waals surface area contributed by atoms with Crippen molar-refractivity contribution in [3.8, 4) is 0 Å². The molecule has 106 valence electrons. The smallest absolute Gasteiger partial charge is 0.319 e. The number of H-pyrrole nitrogens is 1. The summed E-state index contributed by atoms with van der Waals surface area (Å²) >= 11 is 0. The van der Waals surface area contributed by atoms with Gasteiger partial charge in [0.1, 0.15) is 5.92 Å². The van der Waals surface area contributed by atoms with Crippen molar-refractivity contribution in [1.29, 1.82) is 0 Å². The molecule has 1 heterocycles. The second-order valence-corrected chi connectivity index (χ2v) is 5.35. The maximum atomic E-state index is 12.2. The van der Waals surface area contributed by atoms with Gasteiger partial charge in [-0.1, -0.05) is 20.8 Å². The Morgan fingerprint density at radius 1 is 1.47 bits per heavy atom. The molecule has 2 N–H and O–H groups in total. The van der Waals surface area contributed by atoms with Gasteiger partial charge in [0, 0.05) is 6.20 Å². The number of hydrogen-bond donors (Lipinski definition) is 2. The number of ether oxygens (including phenoxy) is 1. The van der Waals surface area contributed by atoms with Crippen molar-refractivity contribution in [2.45, 2.75) is 34.2 Å². The Bertz CT molecular complexity index is 421. The van der Waals surface area contributed by atoms with E-state index in [9.17, 15) is 9.59 Å². The Morgan fingerprint density at radius 2 is 2.16 bits per heavy atom. The summed E-state index contributed by atoms with van der Waals surface area (Å²) in [4.78, 5) is 30.8. The Labute approximate surface area is 112 Å². The van der Waals surface area contributed by atoms with E-state index in [0.29, 0.717) is 6.54 Å². The average molecular weight is 267 g/mol. The number of nitrogens with zero attached hydrogens (tertiary/aromatic N) is 1. The zero-order valence-corrected chi connectivity index (χ0v) is 11.8. The minimum absolute atomic E-state index is 0.263. The fourth-order valence-electron chi connectivity index (χ4n) is 1.75. The SMILES string of the molecule is CCOC(=O)C(C(=O)NCc1cnc[nH]1)C(C)(C)C. The van der Waals surface area contributed by atoms with Gasteiger partial charge in [0.2, 0.25) is 5.91 Å². The molecule has 0 bridgehead atoms. The maximum Gasteiger partial charge on any atom is 0.319 e. The van der Waals surface area contributed by atoms with Crippen LogP contribution in [0, 0.1) is 11.3 Å². The fraction of sp³-hybridized carbons (Fsp3) is 0.615. The molecular weight excluding hydrogens is 246 g/mol. The highest BCUT2D eigenvalue weighted by molar-refractivity contribution is 5.98. The summed E-state index contributed by atoms with van der Waals surface area (Å²) in [5.74, 6) is -1.65. The van der Waals surface area contributed by atoms with Gasteiger partial charge in [-0.05, 0) is 12.3 Å². The van der Waals surface area contributed by atoms with Crippen LogP contribution >= 0.6 is 0 Å². The number of imidazole rings is 1. The van der Waals surface area contributed by atoms with Gasteiger partial charge in [0.05, 0.1) is 25.2 Å². The molecule has 1 amide bonds. The summed E-state index contributed by atoms with van der Waals surface area (Å²) in [6.07, 6.45) is 3.16. The number of carbonyl (C=O) groups is 2. The molecule has 1 unspecified atom stereocenters. The quantitative estimate of drug-likeness (QED) is 0.621. The van der Waals surface area contributed by atoms with E-state index >= 15 is 0 Å². The van der Waals surface area contributed by atoms with Crippen molar-refractivity contribution in [1.82, 2.24) is 15.3 Å². The summed E-state index contributed by atoms with van der Waals surface area (Å²) < 4.78 is 4.97. The van der Waals surface area contributed by atoms with Gasteiger partial charge in [-0.15, -0.1) is 0 Å². The molecule has 0 aromatic carbocycles. The van der Waals surface area contributed by atoms with Gasteiger partial charge in [-0.25, -0.2) is 4.98 Å². The number of nitrogens with one attached hydrogen (secondary N) is 2. The van der Waals surface area contributed by atoms with Crippen molar-refractivity contribution in [3.63, 3.8) is 0 Å². The minimum atomic E-state index is -0.824. The molecule has 6 nitrogen and oxygen atoms in total. The number of amides is 1. The number of aromatic nitrogens is 2. The molecule has 1 rings (SSSR count). The first-order valence-corrected chi connectivity index (χ1v) is 6.28. The standard InChI is InChI=1S/C13H21N3O3/c1-5-19-12(18)10(13(2,3)4)11(17)15-7-9-6-14-8-16-9/h6,8,10H,5,7H2,1-4H3,(H,14,16)(H,15,17). The lowest BCUT2D eigenvalue weighted by Crippen LogP contribution is -2.43. The molecule has 6 heteroatoms. The first-order chi connectivity index (χ1) is 8.86. The third-order valence-electron chi connectivity index (χ3n) is 2.66. The van der Waals surface area contributed by atoms with E-state index in [0.717, 1.165) is 5.69 Å². The molecule has 19 heavy (non-hydrogen) atoms. The maximum absolute atomic E-state index is 12.2. The van der Waals surface area contributed by atoms with Crippen LogP contribution in [0.5, 0.6) is 0 Å². The number of esters is 1. The predicted molar refractivity (Wildman–Crippen MR) is 70.0 cm³/mol. The number of carbonyl (C=O) groups excluding carboxylic acids is 2. The van der Waals surface area contributed by atoms with E-state index < -0.39 is 17.3 Å². The third kappa shape index (κ3) is 4.39. The first-order valence-electron chi connectivity index (χ1n) is 6.28. The summed E-state index contributed by atoms with van der Waals surface area (Å²) in [5.41, 5.74) is 0.287. The van der Waals surface area contributed by atoms with Crippen LogP contribution in [-0.4, -0.2) is 28.5 Å². The van der Waals surface area contributed by atoms with Crippen LogP contribution in [0.2, 0.25) is 0 Å². The lowest BCUT2D eigenvalue weighted by atomic mass is 9.80. The minimum Gasteiger partial charge on any atom is -0.465 e. The van der Waals surface area contributed by atoms with E-state index in [2.05, 4.69) is 15.3 Å². The van der Waals surface area contributed by atoms with Gasteiger partial charge >= 0.3 is 5.97 Å². The van der Waals surface area contributed by atoms with Crippen LogP contribution in [0.25, 0.3) is 0 Å². The predicted octanol–water partition coefficient (Wildman–Crippen LogP) is 1.25. The van der Waals surface area contributed by atoms with Crippen molar-refractivity contribution >= 4 is 11.9 Å². The molecule has 0 radical (unpaired) electrons. The van der Waals surface area contributed by atoms with Crippen LogP contribution in [0.1, 0.15) is 33.4 Å². The molecule has 0 fully saturated rings. The van der Waals surface area contributed by atoms with Crippen LogP contribution in [-0.2, 0) is 20.9 Å². The molecule has 1 aromatic heterocycles. The second kappa shape index (κ2) is 6.36. The summed E-state index contributed by atoms with van der Waals surface area (Å²) in [5, 5.41) is 2.72. The van der Waals surface area contributed by atoms with Crippen molar-refractivity contribution < 1.29 is 14.3 Å². The summed E-state index contributed by atoms with van der Waals surface area (Å²) in [7, 11) is 0. The van der Waals surface area contributed by atoms with Crippen LogP contribution in [0.4, 0.5) is 0 Å². The highest BCUT2D eigenvalue weighted by Crippen LogP contribution is 2.27. The van der Waals surface area contributed by atoms with Crippen LogP contribution in [0.3, 0.4) is 0 Å². The molecule has 0 spiro atoms. The lowest BCUT2D eigenvalue weighted by molar-refractivity contribution is -0.156. The van der Waals surface area contributed by atoms with Crippen molar-refractivity contribution in [2.75, 3.05) is 6.61 Å². The van der Waals surface area contributed by atoms with E-state index in [4.69, 9.17) is 4.74 Å². The molecule has 1 atom stereocenters. The van der Waals surface area contributed by atoms with E-state index in [1.165, 1.54) is 6.33 Å². The normalized spacial score (nSPS) is 12.8. The van der Waals surface area contributed by atoms with Crippen molar-refractivity contribution in [3.05, 3.63) is 18.2 Å². The van der Waals surface area contributed by atoms with E-state index in [-0.39, 0.29) is 12.5 Å². The lowest BCUT2D eigenvalue weighted by Gasteiger charge is -2.27. The molecule has 1 aromatic rings. The van der Waals surface area contributed by atoms with Crippen molar-refractivity contribution in [2.24, 2.45) is 11.3 Å². The average Bonchev–Trinajstić information content (AvgIpc) is 2.77. The zero-order chi connectivity index (χ0) is 14.5. The Kier molecular flexibility index (Phi) is 5.09. The fourth-order valence-corrected chi connectivity index (χ4v) is 1.75. The highest BCUT2D eigenvalue weighted by atomic mass is 16.5. The number of hydrogen-bond acceptors (Lipinski definition) is 4. The van der Waals surface area contributed by atoms with E-state index in [1.807, 2.05) is 20.8 Å². The van der Waals surface area contributed by atoms with Crippen LogP contribution in [0.15, 0.2) is 12.5 Å². The Balaban J connectivity index is 2.69. The van der Waals surface area contributed by atoms with E-state index in [1.54, 1.807) is 13.1 Å². The summed E-state index contributed by atoms with van der Waals surface area (Å²) in [6.45, 7) is 7.81. The number of aromatic amines is 1. The molecule has 0 saturated heterocycles. The topological polar surface area (TPSA) is 84.1 Å². The van der Waals surface area contributed by atoms with Gasteiger partial charge in [0.25, 0.3) is 0 Å². The first kappa shape index (κ1) is 15.2. The highest BCUT2D eigenvalue weighted by Gasteiger charge is 2.38. The number of rotatable bonds is 5. The van der Waals surface area contributed by atoms with Gasteiger partial charge in [-0.2, -0.15) is 0 Å². The van der Waals surface area contributed by atoms with Gasteiger partial charge in [0.15, 0.2) is 0 Å².